The van der Waals surface area contributed by atoms with E-state index in [1.807, 2.05) is 0 Å². The smallest absolute Gasteiger partial charge is 0.305 e. The van der Waals surface area contributed by atoms with Crippen molar-refractivity contribution in [3.8, 4) is 0 Å². The second-order valence-corrected chi connectivity index (χ2v) is 10.7. The van der Waals surface area contributed by atoms with Gasteiger partial charge in [-0.15, -0.1) is 0 Å². The van der Waals surface area contributed by atoms with Crippen LogP contribution in [-0.2, 0) is 19.1 Å². The summed E-state index contributed by atoms with van der Waals surface area (Å²) in [4.78, 5) is 37.3. The first-order valence-corrected chi connectivity index (χ1v) is 11.5. The third-order valence-corrected chi connectivity index (χ3v) is 9.69. The largest absolute Gasteiger partial charge is 0.469 e. The minimum atomic E-state index is -0.256. The monoisotopic (exact) mass is 400 g/mol. The van der Waals surface area contributed by atoms with E-state index in [2.05, 4.69) is 26.8 Å². The molecule has 4 rings (SSSR count). The van der Waals surface area contributed by atoms with E-state index in [9.17, 15) is 14.4 Å². The van der Waals surface area contributed by atoms with Crippen LogP contribution in [0.2, 0.25) is 0 Å². The molecule has 29 heavy (non-hydrogen) atoms. The molecular formula is C25H36O4. The fourth-order valence-electron chi connectivity index (χ4n) is 7.94. The minimum Gasteiger partial charge on any atom is -0.469 e. The molecule has 0 aromatic rings. The van der Waals surface area contributed by atoms with Crippen molar-refractivity contribution in [3.63, 3.8) is 0 Å². The maximum absolute atomic E-state index is 13.7. The summed E-state index contributed by atoms with van der Waals surface area (Å²) in [6.07, 6.45) is 11.0. The van der Waals surface area contributed by atoms with Crippen LogP contribution in [0.25, 0.3) is 0 Å². The number of rotatable bonds is 4. The summed E-state index contributed by atoms with van der Waals surface area (Å²) in [6, 6.07) is 0. The van der Waals surface area contributed by atoms with Gasteiger partial charge in [0.1, 0.15) is 5.78 Å². The van der Waals surface area contributed by atoms with E-state index < -0.39 is 0 Å². The highest BCUT2D eigenvalue weighted by Gasteiger charge is 2.63. The average Bonchev–Trinajstić information content (AvgIpc) is 3.06. The van der Waals surface area contributed by atoms with E-state index in [-0.39, 0.29) is 22.6 Å². The molecule has 3 fully saturated rings. The number of fused-ring (bicyclic) bond motifs is 5. The zero-order valence-electron chi connectivity index (χ0n) is 18.4. The Labute approximate surface area is 174 Å². The molecule has 8 atom stereocenters. The fourth-order valence-corrected chi connectivity index (χ4v) is 7.94. The third-order valence-electron chi connectivity index (χ3n) is 9.69. The van der Waals surface area contributed by atoms with E-state index >= 15 is 0 Å². The normalized spacial score (nSPS) is 44.6. The second kappa shape index (κ2) is 7.35. The lowest BCUT2D eigenvalue weighted by Gasteiger charge is -2.58. The zero-order valence-corrected chi connectivity index (χ0v) is 18.4. The molecule has 4 aliphatic rings. The Bertz CT molecular complexity index is 739. The van der Waals surface area contributed by atoms with Gasteiger partial charge in [0, 0.05) is 24.7 Å². The molecule has 0 amide bonds. The summed E-state index contributed by atoms with van der Waals surface area (Å²) < 4.78 is 4.82. The fraction of sp³-hybridized carbons (Fsp3) is 0.800. The van der Waals surface area contributed by atoms with Gasteiger partial charge in [0.25, 0.3) is 0 Å². The maximum Gasteiger partial charge on any atom is 0.305 e. The molecule has 0 aromatic heterocycles. The van der Waals surface area contributed by atoms with Gasteiger partial charge in [-0.1, -0.05) is 26.8 Å². The number of carbonyl (C=O) groups excluding carboxylic acids is 3. The molecule has 4 nitrogen and oxygen atoms in total. The lowest BCUT2D eigenvalue weighted by atomic mass is 9.45. The lowest BCUT2D eigenvalue weighted by Crippen LogP contribution is -2.56. The van der Waals surface area contributed by atoms with Crippen LogP contribution in [0.4, 0.5) is 0 Å². The molecule has 0 aliphatic heterocycles. The van der Waals surface area contributed by atoms with Gasteiger partial charge >= 0.3 is 5.97 Å². The van der Waals surface area contributed by atoms with Crippen molar-refractivity contribution in [2.45, 2.75) is 72.1 Å². The molecule has 4 heteroatoms. The van der Waals surface area contributed by atoms with E-state index in [0.29, 0.717) is 60.6 Å². The quantitative estimate of drug-likeness (QED) is 0.639. The molecule has 0 spiro atoms. The van der Waals surface area contributed by atoms with Gasteiger partial charge in [-0.05, 0) is 79.1 Å². The van der Waals surface area contributed by atoms with E-state index in [1.165, 1.54) is 7.11 Å². The first-order chi connectivity index (χ1) is 13.7. The summed E-state index contributed by atoms with van der Waals surface area (Å²) in [7, 11) is 1.44. The standard InChI is InChI=1S/C25H36O4/c1-15(5-10-23(28)29-4)19-8-9-20-18-7-6-16-13-17(26)11-12-24(16,2)21(18)14-22(27)25(19,20)3/h11-12,15-16,18-21H,5-10,13-14H2,1-4H3/t15-,16?,18+,19-,20+,21+,24+,25-/m1/s1. The summed E-state index contributed by atoms with van der Waals surface area (Å²) in [5, 5.41) is 0. The average molecular weight is 401 g/mol. The number of ether oxygens (including phenoxy) is 1. The molecule has 0 N–H and O–H groups in total. The van der Waals surface area contributed by atoms with Crippen LogP contribution >= 0.6 is 0 Å². The van der Waals surface area contributed by atoms with Crippen LogP contribution in [0.15, 0.2) is 12.2 Å². The number of Topliss-reactive ketones (excluding diaryl/α,β-unsaturated/α-hetero) is 1. The molecule has 0 heterocycles. The molecule has 0 bridgehead atoms. The predicted molar refractivity (Wildman–Crippen MR) is 111 cm³/mol. The van der Waals surface area contributed by atoms with Gasteiger partial charge in [0.05, 0.1) is 7.11 Å². The highest BCUT2D eigenvalue weighted by atomic mass is 16.5. The first-order valence-electron chi connectivity index (χ1n) is 11.5. The Kier molecular flexibility index (Phi) is 5.28. The summed E-state index contributed by atoms with van der Waals surface area (Å²) in [5.74, 6) is 3.04. The van der Waals surface area contributed by atoms with Crippen LogP contribution in [0.3, 0.4) is 0 Å². The molecular weight excluding hydrogens is 364 g/mol. The third kappa shape index (κ3) is 3.13. The maximum atomic E-state index is 13.7. The van der Waals surface area contributed by atoms with Crippen molar-refractivity contribution in [1.29, 1.82) is 0 Å². The highest BCUT2D eigenvalue weighted by molar-refractivity contribution is 5.91. The topological polar surface area (TPSA) is 60.4 Å². The minimum absolute atomic E-state index is 0.0115. The molecule has 1 unspecified atom stereocenters. The molecule has 3 saturated carbocycles. The van der Waals surface area contributed by atoms with Gasteiger partial charge in [0.15, 0.2) is 5.78 Å². The van der Waals surface area contributed by atoms with E-state index in [1.54, 1.807) is 6.08 Å². The number of ketones is 2. The number of hydrogen-bond donors (Lipinski definition) is 0. The molecule has 0 aromatic carbocycles. The Morgan fingerprint density at radius 1 is 1.14 bits per heavy atom. The van der Waals surface area contributed by atoms with Gasteiger partial charge in [-0.2, -0.15) is 0 Å². The van der Waals surface area contributed by atoms with Crippen molar-refractivity contribution < 1.29 is 19.1 Å². The van der Waals surface area contributed by atoms with Gasteiger partial charge in [-0.3, -0.25) is 14.4 Å². The number of carbonyl (C=O) groups is 3. The number of methoxy groups -OCH3 is 1. The zero-order chi connectivity index (χ0) is 21.0. The van der Waals surface area contributed by atoms with Crippen LogP contribution < -0.4 is 0 Å². The van der Waals surface area contributed by atoms with E-state index in [4.69, 9.17) is 4.74 Å². The van der Waals surface area contributed by atoms with Crippen LogP contribution in [0.5, 0.6) is 0 Å². The Balaban J connectivity index is 1.57. The van der Waals surface area contributed by atoms with Crippen LogP contribution in [-0.4, -0.2) is 24.6 Å². The van der Waals surface area contributed by atoms with Crippen molar-refractivity contribution in [2.24, 2.45) is 46.3 Å². The molecule has 160 valence electrons. The SMILES string of the molecule is COC(=O)CC[C@@H](C)[C@H]1CC[C@H]2[C@@H]3CCC4CC(=O)C=C[C@]4(C)[C@H]3CC(=O)[C@]12C. The van der Waals surface area contributed by atoms with Crippen molar-refractivity contribution in [2.75, 3.05) is 7.11 Å². The predicted octanol–water partition coefficient (Wildman–Crippen LogP) is 4.76. The van der Waals surface area contributed by atoms with Crippen LogP contribution in [0, 0.1) is 46.3 Å². The summed E-state index contributed by atoms with van der Waals surface area (Å²) in [5.41, 5.74) is -0.267. The second-order valence-electron chi connectivity index (χ2n) is 10.7. The molecule has 0 saturated heterocycles. The van der Waals surface area contributed by atoms with E-state index in [0.717, 1.165) is 32.1 Å². The van der Waals surface area contributed by atoms with Gasteiger partial charge in [0.2, 0.25) is 0 Å². The Hall–Kier alpha value is -1.45. The van der Waals surface area contributed by atoms with Crippen molar-refractivity contribution in [3.05, 3.63) is 12.2 Å². The van der Waals surface area contributed by atoms with Crippen LogP contribution in [0.1, 0.15) is 72.1 Å². The van der Waals surface area contributed by atoms with Gasteiger partial charge < -0.3 is 4.74 Å². The summed E-state index contributed by atoms with van der Waals surface area (Å²) >= 11 is 0. The van der Waals surface area contributed by atoms with Crippen molar-refractivity contribution >= 4 is 17.5 Å². The molecule has 4 aliphatic carbocycles. The Morgan fingerprint density at radius 2 is 1.90 bits per heavy atom. The number of allylic oxidation sites excluding steroid dienone is 2. The molecule has 0 radical (unpaired) electrons. The number of esters is 1. The Morgan fingerprint density at radius 3 is 2.62 bits per heavy atom. The number of hydrogen-bond acceptors (Lipinski definition) is 4. The summed E-state index contributed by atoms with van der Waals surface area (Å²) in [6.45, 7) is 6.75. The first kappa shape index (κ1) is 20.8. The van der Waals surface area contributed by atoms with Crippen molar-refractivity contribution in [1.82, 2.24) is 0 Å². The highest BCUT2D eigenvalue weighted by Crippen LogP contribution is 2.66. The lowest BCUT2D eigenvalue weighted by molar-refractivity contribution is -0.152. The van der Waals surface area contributed by atoms with Gasteiger partial charge in [-0.25, -0.2) is 0 Å².